The number of hydrogen-bond donors (Lipinski definition) is 1. The third-order valence-corrected chi connectivity index (χ3v) is 2.52. The van der Waals surface area contributed by atoms with Crippen LogP contribution in [0.5, 0.6) is 0 Å². The predicted molar refractivity (Wildman–Crippen MR) is 67.7 cm³/mol. The topological polar surface area (TPSA) is 72.7 Å². The Morgan fingerprint density at radius 2 is 2.11 bits per heavy atom. The van der Waals surface area contributed by atoms with Gasteiger partial charge in [-0.2, -0.15) is 0 Å². The lowest BCUT2D eigenvalue weighted by molar-refractivity contribution is -0.116. The molecule has 1 N–H and O–H groups in total. The number of nitrogens with one attached hydrogen (secondary N) is 1. The maximum absolute atomic E-state index is 11.5. The molecule has 2 rings (SSSR count). The number of carbonyl (C=O) groups excluding carboxylic acids is 1. The molecule has 1 amide bonds. The van der Waals surface area contributed by atoms with Gasteiger partial charge >= 0.3 is 0 Å². The standard InChI is InChI=1S/C11H12ClN5O/c12-5-1-2-11(18)16-9-3-4-10(13-6-9)17-7-14-15-8-17/h3-4,6-8H,1-2,5H2,(H,16,18). The maximum atomic E-state index is 11.5. The fourth-order valence-electron chi connectivity index (χ4n) is 1.38. The van der Waals surface area contributed by atoms with Crippen molar-refractivity contribution in [3.63, 3.8) is 0 Å². The van der Waals surface area contributed by atoms with Crippen molar-refractivity contribution in [3.8, 4) is 5.82 Å². The summed E-state index contributed by atoms with van der Waals surface area (Å²) in [6, 6.07) is 3.56. The Morgan fingerprint density at radius 1 is 1.33 bits per heavy atom. The minimum absolute atomic E-state index is 0.0607. The summed E-state index contributed by atoms with van der Waals surface area (Å²) in [7, 11) is 0. The summed E-state index contributed by atoms with van der Waals surface area (Å²) in [4.78, 5) is 15.7. The Labute approximate surface area is 109 Å². The van der Waals surface area contributed by atoms with Crippen LogP contribution in [0, 0.1) is 0 Å². The van der Waals surface area contributed by atoms with Crippen molar-refractivity contribution in [1.29, 1.82) is 0 Å². The normalized spacial score (nSPS) is 10.3. The van der Waals surface area contributed by atoms with Gasteiger partial charge in [0.1, 0.15) is 18.5 Å². The molecule has 18 heavy (non-hydrogen) atoms. The van der Waals surface area contributed by atoms with Gasteiger partial charge < -0.3 is 5.32 Å². The van der Waals surface area contributed by atoms with Crippen LogP contribution in [0.3, 0.4) is 0 Å². The highest BCUT2D eigenvalue weighted by Crippen LogP contribution is 2.09. The molecule has 0 saturated carbocycles. The number of pyridine rings is 1. The lowest BCUT2D eigenvalue weighted by atomic mass is 10.3. The van der Waals surface area contributed by atoms with Gasteiger partial charge in [-0.05, 0) is 18.6 Å². The van der Waals surface area contributed by atoms with E-state index in [1.807, 2.05) is 0 Å². The van der Waals surface area contributed by atoms with Gasteiger partial charge in [-0.3, -0.25) is 9.36 Å². The lowest BCUT2D eigenvalue weighted by Gasteiger charge is -2.05. The highest BCUT2D eigenvalue weighted by atomic mass is 35.5. The van der Waals surface area contributed by atoms with E-state index in [1.165, 1.54) is 0 Å². The van der Waals surface area contributed by atoms with Gasteiger partial charge in [-0.15, -0.1) is 21.8 Å². The molecule has 0 aliphatic heterocycles. The molecule has 0 aromatic carbocycles. The molecule has 0 radical (unpaired) electrons. The van der Waals surface area contributed by atoms with Crippen molar-refractivity contribution in [1.82, 2.24) is 19.7 Å². The van der Waals surface area contributed by atoms with Crippen LogP contribution in [-0.2, 0) is 4.79 Å². The highest BCUT2D eigenvalue weighted by Gasteiger charge is 2.03. The molecular weight excluding hydrogens is 254 g/mol. The zero-order chi connectivity index (χ0) is 12.8. The number of rotatable bonds is 5. The zero-order valence-corrected chi connectivity index (χ0v) is 10.3. The van der Waals surface area contributed by atoms with E-state index in [1.54, 1.807) is 35.6 Å². The number of halogens is 1. The second-order valence-electron chi connectivity index (χ2n) is 3.61. The molecule has 7 heteroatoms. The van der Waals surface area contributed by atoms with Crippen LogP contribution >= 0.6 is 11.6 Å². The number of aromatic nitrogens is 4. The van der Waals surface area contributed by atoms with Gasteiger partial charge in [-0.1, -0.05) is 0 Å². The number of carbonyl (C=O) groups is 1. The number of nitrogens with zero attached hydrogens (tertiary/aromatic N) is 4. The largest absolute Gasteiger partial charge is 0.325 e. The quantitative estimate of drug-likeness (QED) is 0.834. The predicted octanol–water partition coefficient (Wildman–Crippen LogP) is 1.62. The molecule has 0 fully saturated rings. The monoisotopic (exact) mass is 265 g/mol. The lowest BCUT2D eigenvalue weighted by Crippen LogP contribution is -2.11. The first-order chi connectivity index (χ1) is 8.79. The van der Waals surface area contributed by atoms with Crippen LogP contribution in [0.2, 0.25) is 0 Å². The van der Waals surface area contributed by atoms with Crippen LogP contribution < -0.4 is 5.32 Å². The highest BCUT2D eigenvalue weighted by molar-refractivity contribution is 6.18. The van der Waals surface area contributed by atoms with E-state index in [2.05, 4.69) is 20.5 Å². The third-order valence-electron chi connectivity index (χ3n) is 2.25. The summed E-state index contributed by atoms with van der Waals surface area (Å²) >= 11 is 5.52. The minimum atomic E-state index is -0.0607. The van der Waals surface area contributed by atoms with Crippen LogP contribution in [-0.4, -0.2) is 31.5 Å². The second kappa shape index (κ2) is 6.11. The maximum Gasteiger partial charge on any atom is 0.224 e. The van der Waals surface area contributed by atoms with Gasteiger partial charge in [0.05, 0.1) is 11.9 Å². The Balaban J connectivity index is 1.98. The molecular formula is C11H12ClN5O. The number of amides is 1. The molecule has 2 aromatic heterocycles. The summed E-state index contributed by atoms with van der Waals surface area (Å²) in [5, 5.41) is 10.1. The Morgan fingerprint density at radius 3 is 2.72 bits per heavy atom. The summed E-state index contributed by atoms with van der Waals surface area (Å²) in [5.74, 6) is 1.12. The van der Waals surface area contributed by atoms with Crippen molar-refractivity contribution < 1.29 is 4.79 Å². The molecule has 0 atom stereocenters. The first kappa shape index (κ1) is 12.5. The Kier molecular flexibility index (Phi) is 4.25. The van der Waals surface area contributed by atoms with E-state index >= 15 is 0 Å². The van der Waals surface area contributed by atoms with Crippen molar-refractivity contribution in [3.05, 3.63) is 31.0 Å². The van der Waals surface area contributed by atoms with Crippen molar-refractivity contribution in [2.24, 2.45) is 0 Å². The van der Waals surface area contributed by atoms with E-state index in [9.17, 15) is 4.79 Å². The molecule has 6 nitrogen and oxygen atoms in total. The Bertz CT molecular complexity index is 497. The smallest absolute Gasteiger partial charge is 0.224 e. The van der Waals surface area contributed by atoms with E-state index in [4.69, 9.17) is 11.6 Å². The average molecular weight is 266 g/mol. The van der Waals surface area contributed by atoms with Gasteiger partial charge in [-0.25, -0.2) is 4.98 Å². The van der Waals surface area contributed by atoms with Gasteiger partial charge in [0.2, 0.25) is 5.91 Å². The minimum Gasteiger partial charge on any atom is -0.325 e. The van der Waals surface area contributed by atoms with Crippen LogP contribution in [0.15, 0.2) is 31.0 Å². The molecule has 0 saturated heterocycles. The van der Waals surface area contributed by atoms with Crippen LogP contribution in [0.1, 0.15) is 12.8 Å². The van der Waals surface area contributed by atoms with E-state index in [-0.39, 0.29) is 5.91 Å². The first-order valence-electron chi connectivity index (χ1n) is 5.46. The molecule has 2 aromatic rings. The molecule has 0 spiro atoms. The Hall–Kier alpha value is -1.95. The molecule has 2 heterocycles. The zero-order valence-electron chi connectivity index (χ0n) is 9.58. The molecule has 94 valence electrons. The van der Waals surface area contributed by atoms with Gasteiger partial charge in [0.25, 0.3) is 0 Å². The first-order valence-corrected chi connectivity index (χ1v) is 6.00. The molecule has 0 unspecified atom stereocenters. The second-order valence-corrected chi connectivity index (χ2v) is 3.99. The number of anilines is 1. The van der Waals surface area contributed by atoms with Crippen LogP contribution in [0.4, 0.5) is 5.69 Å². The SMILES string of the molecule is O=C(CCCCl)Nc1ccc(-n2cnnc2)nc1. The number of alkyl halides is 1. The molecule has 0 aliphatic rings. The van der Waals surface area contributed by atoms with Crippen molar-refractivity contribution >= 4 is 23.2 Å². The number of hydrogen-bond acceptors (Lipinski definition) is 4. The van der Waals surface area contributed by atoms with Crippen molar-refractivity contribution in [2.45, 2.75) is 12.8 Å². The fourth-order valence-corrected chi connectivity index (χ4v) is 1.52. The van der Waals surface area contributed by atoms with E-state index in [0.29, 0.717) is 30.2 Å². The van der Waals surface area contributed by atoms with Crippen molar-refractivity contribution in [2.75, 3.05) is 11.2 Å². The van der Waals surface area contributed by atoms with Gasteiger partial charge in [0.15, 0.2) is 0 Å². The summed E-state index contributed by atoms with van der Waals surface area (Å²) in [6.07, 6.45) is 5.78. The molecule has 0 bridgehead atoms. The summed E-state index contributed by atoms with van der Waals surface area (Å²) in [5.41, 5.74) is 0.659. The third kappa shape index (κ3) is 3.27. The van der Waals surface area contributed by atoms with Crippen LogP contribution in [0.25, 0.3) is 5.82 Å². The van der Waals surface area contributed by atoms with E-state index in [0.717, 1.165) is 0 Å². The van der Waals surface area contributed by atoms with E-state index < -0.39 is 0 Å². The summed E-state index contributed by atoms with van der Waals surface area (Å²) < 4.78 is 1.68. The molecule has 0 aliphatic carbocycles. The average Bonchev–Trinajstić information content (AvgIpc) is 2.91. The fraction of sp³-hybridized carbons (Fsp3) is 0.273. The summed E-state index contributed by atoms with van der Waals surface area (Å²) in [6.45, 7) is 0. The van der Waals surface area contributed by atoms with Gasteiger partial charge in [0, 0.05) is 12.3 Å².